The van der Waals surface area contributed by atoms with Crippen LogP contribution in [0.2, 0.25) is 0 Å². The third-order valence-corrected chi connectivity index (χ3v) is 5.53. The van der Waals surface area contributed by atoms with Crippen LogP contribution in [0.4, 0.5) is 14.6 Å². The molecule has 2 N–H and O–H groups in total. The number of thioether (sulfide) groups is 1. The lowest BCUT2D eigenvalue weighted by molar-refractivity contribution is 0.152. The number of nitrogens with zero attached hydrogens (tertiary/aromatic N) is 3. The van der Waals surface area contributed by atoms with Crippen molar-refractivity contribution in [3.8, 4) is 0 Å². The van der Waals surface area contributed by atoms with Gasteiger partial charge in [-0.15, -0.1) is 11.8 Å². The van der Waals surface area contributed by atoms with Crippen LogP contribution >= 0.6 is 11.8 Å². The zero-order valence-corrected chi connectivity index (χ0v) is 16.1. The Bertz CT molecular complexity index is 931. The van der Waals surface area contributed by atoms with Crippen molar-refractivity contribution in [1.82, 2.24) is 14.5 Å². The van der Waals surface area contributed by atoms with E-state index in [2.05, 4.69) is 14.5 Å². The second-order valence-electron chi connectivity index (χ2n) is 6.35. The third-order valence-electron chi connectivity index (χ3n) is 4.39. The summed E-state index contributed by atoms with van der Waals surface area (Å²) in [5.41, 5.74) is 8.59. The van der Waals surface area contributed by atoms with E-state index in [1.165, 1.54) is 23.9 Å². The zero-order valence-electron chi connectivity index (χ0n) is 15.3. The van der Waals surface area contributed by atoms with Gasteiger partial charge in [-0.2, -0.15) is 0 Å². The van der Waals surface area contributed by atoms with Crippen molar-refractivity contribution in [2.24, 2.45) is 0 Å². The third kappa shape index (κ3) is 4.39. The fraction of sp³-hybridized carbons (Fsp3) is 0.368. The normalized spacial score (nSPS) is 12.6. The lowest BCUT2D eigenvalue weighted by Crippen LogP contribution is -2.15. The number of hydrogen-bond donors (Lipinski definition) is 1. The summed E-state index contributed by atoms with van der Waals surface area (Å²) in [7, 11) is 1.66. The molecule has 0 fully saturated rings. The summed E-state index contributed by atoms with van der Waals surface area (Å²) in [6.07, 6.45) is 5.19. The van der Waals surface area contributed by atoms with E-state index < -0.39 is 11.6 Å². The molecule has 2 heterocycles. The van der Waals surface area contributed by atoms with Gasteiger partial charge < -0.3 is 15.0 Å². The number of hydrogen-bond acceptors (Lipinski definition) is 5. The first kappa shape index (κ1) is 19.6. The van der Waals surface area contributed by atoms with Crippen LogP contribution < -0.4 is 5.73 Å². The summed E-state index contributed by atoms with van der Waals surface area (Å²) >= 11 is 1.38. The highest BCUT2D eigenvalue weighted by atomic mass is 32.2. The summed E-state index contributed by atoms with van der Waals surface area (Å²) in [4.78, 5) is 9.02. The average Bonchev–Trinajstić information content (AvgIpc) is 3.09. The molecule has 2 aromatic heterocycles. The van der Waals surface area contributed by atoms with Crippen LogP contribution in [0.15, 0.2) is 35.6 Å². The van der Waals surface area contributed by atoms with E-state index in [0.29, 0.717) is 22.8 Å². The molecule has 0 amide bonds. The van der Waals surface area contributed by atoms with E-state index in [1.807, 2.05) is 6.92 Å². The number of pyridine rings is 1. The zero-order chi connectivity index (χ0) is 19.4. The lowest BCUT2D eigenvalue weighted by atomic mass is 10.1. The molecule has 144 valence electrons. The van der Waals surface area contributed by atoms with Crippen molar-refractivity contribution in [1.29, 1.82) is 0 Å². The Hall–Kier alpha value is -2.19. The number of imidazole rings is 1. The Morgan fingerprint density at radius 1 is 1.30 bits per heavy atom. The molecule has 1 unspecified atom stereocenters. The Balaban J connectivity index is 1.69. The number of benzene rings is 1. The number of ether oxygens (including phenoxy) is 1. The summed E-state index contributed by atoms with van der Waals surface area (Å²) in [5, 5.41) is 0. The molecule has 5 nitrogen and oxygen atoms in total. The fourth-order valence-electron chi connectivity index (χ4n) is 3.09. The van der Waals surface area contributed by atoms with Crippen LogP contribution in [0.25, 0.3) is 11.0 Å². The van der Waals surface area contributed by atoms with E-state index in [4.69, 9.17) is 10.5 Å². The lowest BCUT2D eigenvalue weighted by Gasteiger charge is -2.19. The van der Waals surface area contributed by atoms with Gasteiger partial charge in [-0.3, -0.25) is 0 Å². The monoisotopic (exact) mass is 392 g/mol. The average molecular weight is 392 g/mol. The van der Waals surface area contributed by atoms with Crippen molar-refractivity contribution in [2.75, 3.05) is 25.2 Å². The minimum Gasteiger partial charge on any atom is -0.383 e. The Kier molecular flexibility index (Phi) is 6.28. The van der Waals surface area contributed by atoms with E-state index in [0.717, 1.165) is 35.7 Å². The molecule has 1 atom stereocenters. The molecule has 1 aromatic carbocycles. The molecule has 0 saturated carbocycles. The van der Waals surface area contributed by atoms with Crippen LogP contribution in [0.1, 0.15) is 24.4 Å². The fourth-order valence-corrected chi connectivity index (χ4v) is 3.98. The largest absolute Gasteiger partial charge is 0.383 e. The molecule has 0 saturated heterocycles. The van der Waals surface area contributed by atoms with Crippen molar-refractivity contribution in [3.05, 3.63) is 47.9 Å². The van der Waals surface area contributed by atoms with E-state index >= 15 is 0 Å². The first-order chi connectivity index (χ1) is 13.0. The highest BCUT2D eigenvalue weighted by Gasteiger charge is 2.17. The minimum absolute atomic E-state index is 0.0826. The number of fused-ring (bicyclic) bond motifs is 1. The number of nitrogen functional groups attached to an aromatic ring is 1. The van der Waals surface area contributed by atoms with Gasteiger partial charge in [-0.25, -0.2) is 18.7 Å². The highest BCUT2D eigenvalue weighted by molar-refractivity contribution is 7.99. The van der Waals surface area contributed by atoms with Gasteiger partial charge in [0.2, 0.25) is 0 Å². The molecule has 27 heavy (non-hydrogen) atoms. The molecule has 0 spiro atoms. The molecule has 0 aliphatic carbocycles. The molecule has 8 heteroatoms. The Morgan fingerprint density at radius 2 is 2.11 bits per heavy atom. The van der Waals surface area contributed by atoms with Gasteiger partial charge in [0, 0.05) is 24.3 Å². The van der Waals surface area contributed by atoms with Crippen molar-refractivity contribution in [2.45, 2.75) is 30.7 Å². The minimum atomic E-state index is -0.562. The van der Waals surface area contributed by atoms with Crippen molar-refractivity contribution in [3.63, 3.8) is 0 Å². The summed E-state index contributed by atoms with van der Waals surface area (Å²) in [6, 6.07) is 3.75. The molecule has 3 aromatic rings. The summed E-state index contributed by atoms with van der Waals surface area (Å²) in [5.74, 6) is 0.0477. The number of aryl methyl sites for hydroxylation is 1. The van der Waals surface area contributed by atoms with Crippen LogP contribution in [-0.4, -0.2) is 34.0 Å². The Morgan fingerprint density at radius 3 is 2.85 bits per heavy atom. The molecular weight excluding hydrogens is 370 g/mol. The number of halogens is 2. The first-order valence-electron chi connectivity index (χ1n) is 8.65. The summed E-state index contributed by atoms with van der Waals surface area (Å²) < 4.78 is 34.2. The van der Waals surface area contributed by atoms with Crippen LogP contribution in [0, 0.1) is 18.6 Å². The second kappa shape index (κ2) is 8.67. The van der Waals surface area contributed by atoms with Crippen molar-refractivity contribution >= 4 is 28.6 Å². The maximum Gasteiger partial charge on any atom is 0.151 e. The maximum absolute atomic E-state index is 13.7. The number of methoxy groups -OCH3 is 1. The van der Waals surface area contributed by atoms with Crippen molar-refractivity contribution < 1.29 is 13.5 Å². The predicted molar refractivity (Wildman–Crippen MR) is 104 cm³/mol. The smallest absolute Gasteiger partial charge is 0.151 e. The van der Waals surface area contributed by atoms with E-state index in [-0.39, 0.29) is 6.04 Å². The van der Waals surface area contributed by atoms with Gasteiger partial charge in [0.1, 0.15) is 17.2 Å². The second-order valence-corrected chi connectivity index (χ2v) is 7.49. The Labute approximate surface area is 160 Å². The molecule has 0 bridgehead atoms. The van der Waals surface area contributed by atoms with Gasteiger partial charge in [0.25, 0.3) is 0 Å². The van der Waals surface area contributed by atoms with Gasteiger partial charge in [-0.05, 0) is 43.2 Å². The van der Waals surface area contributed by atoms with Crippen LogP contribution in [0.5, 0.6) is 0 Å². The van der Waals surface area contributed by atoms with Crippen LogP contribution in [-0.2, 0) is 4.74 Å². The highest BCUT2D eigenvalue weighted by Crippen LogP contribution is 2.28. The standard InChI is InChI=1S/C19H22F2N4OS/c1-12-9-23-19(22)17-18(12)25(11-24-17)14(10-26-2)4-3-7-27-16-6-5-13(20)8-15(16)21/h5-6,8-9,11,14H,3-4,7,10H2,1-2H3,(H2,22,23). The predicted octanol–water partition coefficient (Wildman–Crippen LogP) is 4.36. The van der Waals surface area contributed by atoms with E-state index in [9.17, 15) is 8.78 Å². The molecule has 0 aliphatic rings. The summed E-state index contributed by atoms with van der Waals surface area (Å²) in [6.45, 7) is 2.51. The van der Waals surface area contributed by atoms with Gasteiger partial charge >= 0.3 is 0 Å². The molecule has 0 radical (unpaired) electrons. The molecule has 0 aliphatic heterocycles. The number of nitrogens with two attached hydrogens (primary N) is 1. The molecule has 3 rings (SSSR count). The first-order valence-corrected chi connectivity index (χ1v) is 9.64. The SMILES string of the molecule is COCC(CCCSc1ccc(F)cc1F)n1cnc2c(N)ncc(C)c21. The van der Waals surface area contributed by atoms with Gasteiger partial charge in [0.15, 0.2) is 5.82 Å². The van der Waals surface area contributed by atoms with Gasteiger partial charge in [-0.1, -0.05) is 0 Å². The molecular formula is C19H22F2N4OS. The number of anilines is 1. The van der Waals surface area contributed by atoms with Crippen LogP contribution in [0.3, 0.4) is 0 Å². The van der Waals surface area contributed by atoms with Gasteiger partial charge in [0.05, 0.1) is 24.5 Å². The number of aromatic nitrogens is 3. The topological polar surface area (TPSA) is 66.0 Å². The maximum atomic E-state index is 13.7. The quantitative estimate of drug-likeness (QED) is 0.456. The number of rotatable bonds is 8. The van der Waals surface area contributed by atoms with E-state index in [1.54, 1.807) is 19.6 Å².